The van der Waals surface area contributed by atoms with Crippen LogP contribution in [-0.4, -0.2) is 39.9 Å². The molecule has 1 saturated heterocycles. The molecule has 5 heteroatoms. The van der Waals surface area contributed by atoms with Crippen LogP contribution in [0.25, 0.3) is 0 Å². The SMILES string of the molecule is O=C(O)C1CCC(C(=O)N2CCSCC2c2ccccc2)CC1. The molecule has 0 bridgehead atoms. The number of carboxylic acid groups (broad SMARTS) is 1. The second-order valence-corrected chi connectivity index (χ2v) is 7.57. The van der Waals surface area contributed by atoms with Crippen LogP contribution < -0.4 is 0 Å². The van der Waals surface area contributed by atoms with Crippen LogP contribution in [0.4, 0.5) is 0 Å². The lowest BCUT2D eigenvalue weighted by molar-refractivity contribution is -0.146. The van der Waals surface area contributed by atoms with Crippen molar-refractivity contribution in [2.24, 2.45) is 11.8 Å². The number of rotatable bonds is 3. The molecule has 1 aliphatic carbocycles. The van der Waals surface area contributed by atoms with Crippen LogP contribution in [0.5, 0.6) is 0 Å². The molecule has 0 radical (unpaired) electrons. The van der Waals surface area contributed by atoms with Gasteiger partial charge in [-0.1, -0.05) is 30.3 Å². The Morgan fingerprint density at radius 2 is 1.70 bits per heavy atom. The molecule has 2 aliphatic rings. The molecule has 2 fully saturated rings. The van der Waals surface area contributed by atoms with Crippen LogP contribution in [-0.2, 0) is 9.59 Å². The number of hydrogen-bond acceptors (Lipinski definition) is 3. The molecule has 1 saturated carbocycles. The Kier molecular flexibility index (Phi) is 5.26. The second kappa shape index (κ2) is 7.39. The van der Waals surface area contributed by atoms with E-state index in [4.69, 9.17) is 5.11 Å². The van der Waals surface area contributed by atoms with Gasteiger partial charge in [0.1, 0.15) is 0 Å². The highest BCUT2D eigenvalue weighted by molar-refractivity contribution is 7.99. The molecule has 1 N–H and O–H groups in total. The van der Waals surface area contributed by atoms with Crippen molar-refractivity contribution >= 4 is 23.6 Å². The molecule has 1 atom stereocenters. The Morgan fingerprint density at radius 1 is 1.04 bits per heavy atom. The molecule has 1 unspecified atom stereocenters. The summed E-state index contributed by atoms with van der Waals surface area (Å²) in [6, 6.07) is 10.4. The standard InChI is InChI=1S/C18H23NO3S/c20-17(14-6-8-15(9-7-14)18(21)22)19-10-11-23-12-16(19)13-4-2-1-3-5-13/h1-5,14-16H,6-12H2,(H,21,22). The number of benzene rings is 1. The third kappa shape index (κ3) is 3.71. The van der Waals surface area contributed by atoms with Gasteiger partial charge in [0.15, 0.2) is 0 Å². The maximum absolute atomic E-state index is 13.0. The number of carboxylic acids is 1. The topological polar surface area (TPSA) is 57.6 Å². The van der Waals surface area contributed by atoms with Crippen LogP contribution in [0.1, 0.15) is 37.3 Å². The van der Waals surface area contributed by atoms with E-state index in [1.54, 1.807) is 0 Å². The van der Waals surface area contributed by atoms with Gasteiger partial charge in [0.05, 0.1) is 12.0 Å². The first-order chi connectivity index (χ1) is 11.2. The number of carbonyl (C=O) groups excluding carboxylic acids is 1. The zero-order valence-corrected chi connectivity index (χ0v) is 14.0. The van der Waals surface area contributed by atoms with Crippen LogP contribution in [0.3, 0.4) is 0 Å². The van der Waals surface area contributed by atoms with Crippen molar-refractivity contribution in [3.05, 3.63) is 35.9 Å². The minimum atomic E-state index is -0.715. The van der Waals surface area contributed by atoms with Crippen molar-refractivity contribution in [2.75, 3.05) is 18.1 Å². The molecule has 0 aromatic heterocycles. The third-order valence-corrected chi connectivity index (χ3v) is 6.04. The number of thioether (sulfide) groups is 1. The summed E-state index contributed by atoms with van der Waals surface area (Å²) in [5, 5.41) is 9.10. The van der Waals surface area contributed by atoms with E-state index in [0.717, 1.165) is 18.1 Å². The smallest absolute Gasteiger partial charge is 0.306 e. The molecule has 23 heavy (non-hydrogen) atoms. The lowest BCUT2D eigenvalue weighted by atomic mass is 9.81. The van der Waals surface area contributed by atoms with Gasteiger partial charge in [-0.3, -0.25) is 9.59 Å². The predicted molar refractivity (Wildman–Crippen MR) is 91.3 cm³/mol. The second-order valence-electron chi connectivity index (χ2n) is 6.42. The van der Waals surface area contributed by atoms with Gasteiger partial charge in [-0.15, -0.1) is 0 Å². The summed E-state index contributed by atoms with van der Waals surface area (Å²) in [5.74, 6) is 1.18. The van der Waals surface area contributed by atoms with Crippen LogP contribution >= 0.6 is 11.8 Å². The average molecular weight is 333 g/mol. The Bertz CT molecular complexity index is 555. The fraction of sp³-hybridized carbons (Fsp3) is 0.556. The number of amides is 1. The highest BCUT2D eigenvalue weighted by Crippen LogP contribution is 2.35. The van der Waals surface area contributed by atoms with Gasteiger partial charge < -0.3 is 10.0 Å². The van der Waals surface area contributed by atoms with Gasteiger partial charge >= 0.3 is 5.97 Å². The van der Waals surface area contributed by atoms with Crippen LogP contribution in [0.2, 0.25) is 0 Å². The maximum atomic E-state index is 13.0. The Labute approximate surface area is 141 Å². The van der Waals surface area contributed by atoms with Gasteiger partial charge in [0.25, 0.3) is 0 Å². The first kappa shape index (κ1) is 16.4. The molecule has 1 aromatic rings. The number of carbonyl (C=O) groups is 2. The molecule has 1 amide bonds. The van der Waals surface area contributed by atoms with Crippen molar-refractivity contribution in [2.45, 2.75) is 31.7 Å². The molecular weight excluding hydrogens is 310 g/mol. The fourth-order valence-corrected chi connectivity index (χ4v) is 4.73. The summed E-state index contributed by atoms with van der Waals surface area (Å²) in [6.07, 6.45) is 2.68. The minimum Gasteiger partial charge on any atom is -0.481 e. The van der Waals surface area contributed by atoms with E-state index in [-0.39, 0.29) is 23.8 Å². The Hall–Kier alpha value is -1.49. The third-order valence-electron chi connectivity index (χ3n) is 5.02. The van der Waals surface area contributed by atoms with Gasteiger partial charge in [0.2, 0.25) is 5.91 Å². The van der Waals surface area contributed by atoms with Crippen molar-refractivity contribution in [3.63, 3.8) is 0 Å². The first-order valence-corrected chi connectivity index (χ1v) is 9.48. The number of hydrogen-bond donors (Lipinski definition) is 1. The van der Waals surface area contributed by atoms with Crippen molar-refractivity contribution < 1.29 is 14.7 Å². The molecule has 3 rings (SSSR count). The largest absolute Gasteiger partial charge is 0.481 e. The summed E-state index contributed by atoms with van der Waals surface area (Å²) in [7, 11) is 0. The molecule has 1 aromatic carbocycles. The number of aliphatic carboxylic acids is 1. The van der Waals surface area contributed by atoms with Gasteiger partial charge in [-0.2, -0.15) is 11.8 Å². The van der Waals surface area contributed by atoms with Gasteiger partial charge in [-0.05, 0) is 31.2 Å². The van der Waals surface area contributed by atoms with E-state index in [1.807, 2.05) is 34.9 Å². The van der Waals surface area contributed by atoms with Crippen molar-refractivity contribution in [3.8, 4) is 0 Å². The summed E-state index contributed by atoms with van der Waals surface area (Å²) in [4.78, 5) is 26.1. The van der Waals surface area contributed by atoms with Crippen LogP contribution in [0, 0.1) is 11.8 Å². The molecule has 0 spiro atoms. The molecule has 124 valence electrons. The first-order valence-electron chi connectivity index (χ1n) is 8.33. The summed E-state index contributed by atoms with van der Waals surface area (Å²) < 4.78 is 0. The van der Waals surface area contributed by atoms with E-state index in [1.165, 1.54) is 5.56 Å². The van der Waals surface area contributed by atoms with E-state index >= 15 is 0 Å². The minimum absolute atomic E-state index is 0.0000813. The molecular formula is C18H23NO3S. The average Bonchev–Trinajstić information content (AvgIpc) is 2.62. The lowest BCUT2D eigenvalue weighted by Crippen LogP contribution is -2.44. The summed E-state index contributed by atoms with van der Waals surface area (Å²) in [5.41, 5.74) is 1.20. The molecule has 4 nitrogen and oxygen atoms in total. The van der Waals surface area contributed by atoms with E-state index in [0.29, 0.717) is 25.7 Å². The van der Waals surface area contributed by atoms with Gasteiger partial charge in [0, 0.05) is 24.0 Å². The van der Waals surface area contributed by atoms with Crippen molar-refractivity contribution in [1.29, 1.82) is 0 Å². The zero-order chi connectivity index (χ0) is 16.2. The predicted octanol–water partition coefficient (Wildman–Crippen LogP) is 3.19. The summed E-state index contributed by atoms with van der Waals surface area (Å²) in [6.45, 7) is 0.794. The van der Waals surface area contributed by atoms with Gasteiger partial charge in [-0.25, -0.2) is 0 Å². The number of nitrogens with zero attached hydrogens (tertiary/aromatic N) is 1. The van der Waals surface area contributed by atoms with E-state index < -0.39 is 5.97 Å². The maximum Gasteiger partial charge on any atom is 0.306 e. The molecule has 1 aliphatic heterocycles. The van der Waals surface area contributed by atoms with E-state index in [2.05, 4.69) is 12.1 Å². The highest BCUT2D eigenvalue weighted by Gasteiger charge is 2.35. The molecule has 1 heterocycles. The monoisotopic (exact) mass is 333 g/mol. The quantitative estimate of drug-likeness (QED) is 0.923. The Morgan fingerprint density at radius 3 is 2.35 bits per heavy atom. The highest BCUT2D eigenvalue weighted by atomic mass is 32.2. The van der Waals surface area contributed by atoms with Crippen LogP contribution in [0.15, 0.2) is 30.3 Å². The van der Waals surface area contributed by atoms with Crippen molar-refractivity contribution in [1.82, 2.24) is 4.90 Å². The van der Waals surface area contributed by atoms with E-state index in [9.17, 15) is 9.59 Å². The normalized spacial score (nSPS) is 28.3. The zero-order valence-electron chi connectivity index (χ0n) is 13.2. The summed E-state index contributed by atoms with van der Waals surface area (Å²) >= 11 is 1.90. The lowest BCUT2D eigenvalue weighted by Gasteiger charge is -2.39. The fourth-order valence-electron chi connectivity index (χ4n) is 3.64. The Balaban J connectivity index is 1.69.